The topological polar surface area (TPSA) is 85.6 Å². The molecular weight excluding hydrogens is 319 g/mol. The van der Waals surface area contributed by atoms with E-state index in [1.165, 1.54) is 34.6 Å². The van der Waals surface area contributed by atoms with Crippen LogP contribution >= 0.6 is 11.8 Å². The third-order valence-corrected chi connectivity index (χ3v) is 3.69. The highest BCUT2D eigenvalue weighted by molar-refractivity contribution is 7.99. The van der Waals surface area contributed by atoms with Crippen molar-refractivity contribution in [3.63, 3.8) is 0 Å². The van der Waals surface area contributed by atoms with E-state index in [1.807, 2.05) is 0 Å². The predicted molar refractivity (Wildman–Crippen MR) is 82.7 cm³/mol. The van der Waals surface area contributed by atoms with E-state index in [2.05, 4.69) is 25.8 Å². The molecule has 0 bridgehead atoms. The number of nitrogens with one attached hydrogen (secondary N) is 1. The van der Waals surface area contributed by atoms with Crippen LogP contribution in [0.5, 0.6) is 0 Å². The predicted octanol–water partition coefficient (Wildman–Crippen LogP) is 1.93. The molecule has 7 nitrogen and oxygen atoms in total. The Morgan fingerprint density at radius 1 is 1.30 bits per heavy atom. The van der Waals surface area contributed by atoms with Gasteiger partial charge in [-0.1, -0.05) is 17.8 Å². The summed E-state index contributed by atoms with van der Waals surface area (Å²) >= 11 is 1.17. The number of aromatic nitrogens is 5. The van der Waals surface area contributed by atoms with Crippen LogP contribution in [0.2, 0.25) is 0 Å². The number of benzene rings is 1. The van der Waals surface area contributed by atoms with E-state index in [9.17, 15) is 9.18 Å². The molecule has 9 heteroatoms. The first-order chi connectivity index (χ1) is 11.2. The monoisotopic (exact) mass is 330 g/mol. The minimum absolute atomic E-state index is 0.0944. The molecule has 1 N–H and O–H groups in total. The second-order valence-corrected chi connectivity index (χ2v) is 5.37. The van der Waals surface area contributed by atoms with Gasteiger partial charge in [0.2, 0.25) is 11.1 Å². The molecule has 1 aromatic carbocycles. The summed E-state index contributed by atoms with van der Waals surface area (Å²) in [6, 6.07) is 9.28. The zero-order valence-electron chi connectivity index (χ0n) is 11.8. The maximum absolute atomic E-state index is 13.1. The van der Waals surface area contributed by atoms with Gasteiger partial charge in [0, 0.05) is 11.9 Å². The molecule has 0 unspecified atom stereocenters. The summed E-state index contributed by atoms with van der Waals surface area (Å²) < 4.78 is 14.6. The first-order valence-corrected chi connectivity index (χ1v) is 7.58. The van der Waals surface area contributed by atoms with Gasteiger partial charge in [-0.25, -0.2) is 4.39 Å². The van der Waals surface area contributed by atoms with Crippen molar-refractivity contribution >= 4 is 23.4 Å². The molecule has 116 valence electrons. The van der Waals surface area contributed by atoms with Gasteiger partial charge in [-0.2, -0.15) is 4.68 Å². The van der Waals surface area contributed by atoms with E-state index in [0.717, 1.165) is 0 Å². The molecule has 1 amide bonds. The smallest absolute Gasteiger partial charge is 0.234 e. The van der Waals surface area contributed by atoms with Gasteiger partial charge in [0.1, 0.15) is 5.82 Å². The average molecular weight is 330 g/mol. The number of carbonyl (C=O) groups is 1. The Morgan fingerprint density at radius 3 is 3.00 bits per heavy atom. The van der Waals surface area contributed by atoms with E-state index in [0.29, 0.717) is 16.5 Å². The minimum atomic E-state index is -0.407. The molecule has 0 aliphatic rings. The number of pyridine rings is 1. The van der Waals surface area contributed by atoms with Gasteiger partial charge >= 0.3 is 0 Å². The summed E-state index contributed by atoms with van der Waals surface area (Å²) in [5.41, 5.74) is 1.10. The fourth-order valence-electron chi connectivity index (χ4n) is 1.80. The van der Waals surface area contributed by atoms with Crippen molar-refractivity contribution in [2.75, 3.05) is 11.1 Å². The van der Waals surface area contributed by atoms with Gasteiger partial charge in [-0.05, 0) is 40.8 Å². The molecule has 0 saturated carbocycles. The second-order valence-electron chi connectivity index (χ2n) is 4.43. The highest BCUT2D eigenvalue weighted by Gasteiger charge is 2.11. The fourth-order valence-corrected chi connectivity index (χ4v) is 2.49. The highest BCUT2D eigenvalue weighted by Crippen LogP contribution is 2.18. The highest BCUT2D eigenvalue weighted by atomic mass is 32.2. The summed E-state index contributed by atoms with van der Waals surface area (Å²) in [5.74, 6) is -0.589. The van der Waals surface area contributed by atoms with Crippen LogP contribution in [0.25, 0.3) is 5.69 Å². The van der Waals surface area contributed by atoms with Gasteiger partial charge in [-0.15, -0.1) is 5.10 Å². The van der Waals surface area contributed by atoms with Crippen molar-refractivity contribution in [1.82, 2.24) is 25.2 Å². The van der Waals surface area contributed by atoms with Crippen LogP contribution in [-0.4, -0.2) is 36.9 Å². The van der Waals surface area contributed by atoms with E-state index in [-0.39, 0.29) is 11.7 Å². The van der Waals surface area contributed by atoms with Crippen molar-refractivity contribution < 1.29 is 9.18 Å². The minimum Gasteiger partial charge on any atom is -0.325 e. The van der Waals surface area contributed by atoms with E-state index >= 15 is 0 Å². The number of hydrogen-bond acceptors (Lipinski definition) is 6. The lowest BCUT2D eigenvalue weighted by atomic mass is 10.3. The molecule has 2 heterocycles. The zero-order valence-corrected chi connectivity index (χ0v) is 12.6. The van der Waals surface area contributed by atoms with Crippen LogP contribution in [-0.2, 0) is 4.79 Å². The van der Waals surface area contributed by atoms with Gasteiger partial charge < -0.3 is 5.32 Å². The molecule has 0 spiro atoms. The quantitative estimate of drug-likeness (QED) is 0.720. The molecule has 3 rings (SSSR count). The van der Waals surface area contributed by atoms with Crippen LogP contribution in [0.15, 0.2) is 53.9 Å². The van der Waals surface area contributed by atoms with Gasteiger partial charge in [0.25, 0.3) is 0 Å². The van der Waals surface area contributed by atoms with Crippen molar-refractivity contribution in [3.05, 3.63) is 54.6 Å². The lowest BCUT2D eigenvalue weighted by Crippen LogP contribution is -2.14. The van der Waals surface area contributed by atoms with Crippen molar-refractivity contribution in [2.24, 2.45) is 0 Å². The standard InChI is InChI=1S/C14H11FN6OS/c15-10-3-1-4-11(7-10)17-13(22)9-23-14-18-19-20-21(14)12-5-2-6-16-8-12/h1-8H,9H2,(H,17,22). The maximum atomic E-state index is 13.1. The maximum Gasteiger partial charge on any atom is 0.234 e. The van der Waals surface area contributed by atoms with Gasteiger partial charge in [-0.3, -0.25) is 9.78 Å². The Balaban J connectivity index is 1.63. The molecular formula is C14H11FN6OS. The van der Waals surface area contributed by atoms with Gasteiger partial charge in [0.15, 0.2) is 0 Å². The van der Waals surface area contributed by atoms with Crippen LogP contribution in [0, 0.1) is 5.82 Å². The number of thioether (sulfide) groups is 1. The lowest BCUT2D eigenvalue weighted by molar-refractivity contribution is -0.113. The first-order valence-electron chi connectivity index (χ1n) is 6.59. The summed E-state index contributed by atoms with van der Waals surface area (Å²) in [6.45, 7) is 0. The molecule has 2 aromatic heterocycles. The molecule has 0 aliphatic carbocycles. The molecule has 0 radical (unpaired) electrons. The van der Waals surface area contributed by atoms with Crippen LogP contribution < -0.4 is 5.32 Å². The average Bonchev–Trinajstić information content (AvgIpc) is 3.02. The van der Waals surface area contributed by atoms with Crippen LogP contribution in [0.1, 0.15) is 0 Å². The van der Waals surface area contributed by atoms with E-state index in [4.69, 9.17) is 0 Å². The zero-order chi connectivity index (χ0) is 16.1. The first kappa shape index (κ1) is 15.1. The number of halogens is 1. The largest absolute Gasteiger partial charge is 0.325 e. The van der Waals surface area contributed by atoms with Crippen molar-refractivity contribution in [2.45, 2.75) is 5.16 Å². The summed E-state index contributed by atoms with van der Waals surface area (Å²) in [6.07, 6.45) is 3.26. The lowest BCUT2D eigenvalue weighted by Gasteiger charge is -2.05. The Morgan fingerprint density at radius 2 is 2.22 bits per heavy atom. The Kier molecular flexibility index (Phi) is 4.57. The third kappa shape index (κ3) is 3.89. The fraction of sp³-hybridized carbons (Fsp3) is 0.0714. The third-order valence-electron chi connectivity index (χ3n) is 2.77. The summed E-state index contributed by atoms with van der Waals surface area (Å²) in [7, 11) is 0. The number of anilines is 1. The van der Waals surface area contributed by atoms with E-state index < -0.39 is 5.82 Å². The van der Waals surface area contributed by atoms with Gasteiger partial charge in [0.05, 0.1) is 17.6 Å². The number of amides is 1. The number of rotatable bonds is 5. The van der Waals surface area contributed by atoms with Crippen LogP contribution in [0.4, 0.5) is 10.1 Å². The number of tetrazole rings is 1. The number of nitrogens with zero attached hydrogens (tertiary/aromatic N) is 5. The van der Waals surface area contributed by atoms with Crippen molar-refractivity contribution in [3.8, 4) is 5.69 Å². The SMILES string of the molecule is O=C(CSc1nnnn1-c1cccnc1)Nc1cccc(F)c1. The molecule has 23 heavy (non-hydrogen) atoms. The summed E-state index contributed by atoms with van der Waals surface area (Å²) in [5, 5.41) is 14.4. The van der Waals surface area contributed by atoms with Crippen LogP contribution in [0.3, 0.4) is 0 Å². The number of carbonyl (C=O) groups excluding carboxylic acids is 1. The Bertz CT molecular complexity index is 810. The second kappa shape index (κ2) is 6.97. The Hall–Kier alpha value is -2.81. The molecule has 0 aliphatic heterocycles. The normalized spacial score (nSPS) is 10.5. The Labute approximate surface area is 134 Å². The molecule has 0 fully saturated rings. The number of hydrogen-bond donors (Lipinski definition) is 1. The molecule has 3 aromatic rings. The molecule has 0 saturated heterocycles. The van der Waals surface area contributed by atoms with Crippen molar-refractivity contribution in [1.29, 1.82) is 0 Å². The van der Waals surface area contributed by atoms with E-state index in [1.54, 1.807) is 30.6 Å². The summed E-state index contributed by atoms with van der Waals surface area (Å²) in [4.78, 5) is 15.9. The molecule has 0 atom stereocenters.